The number of rotatable bonds is 6. The zero-order chi connectivity index (χ0) is 18.4. The Balaban J connectivity index is 1.65. The maximum Gasteiger partial charge on any atom is 0.244 e. The smallest absolute Gasteiger partial charge is 0.244 e. The SMILES string of the molecule is Cc1nc(/C=C/C(=O)NC[C@H](c2cccc(F)c2)N2CCOCC2)cs1. The van der Waals surface area contributed by atoms with Crippen LogP contribution in [0.4, 0.5) is 4.39 Å². The molecule has 7 heteroatoms. The molecular formula is C19H22FN3O2S. The normalized spacial score (nSPS) is 16.7. The van der Waals surface area contributed by atoms with Gasteiger partial charge in [-0.25, -0.2) is 9.37 Å². The van der Waals surface area contributed by atoms with Crippen molar-refractivity contribution < 1.29 is 13.9 Å². The summed E-state index contributed by atoms with van der Waals surface area (Å²) in [5, 5.41) is 5.79. The quantitative estimate of drug-likeness (QED) is 0.789. The molecule has 1 aromatic heterocycles. The lowest BCUT2D eigenvalue weighted by Gasteiger charge is -2.34. The number of nitrogens with one attached hydrogen (secondary N) is 1. The molecule has 1 saturated heterocycles. The van der Waals surface area contributed by atoms with Crippen LogP contribution in [-0.4, -0.2) is 48.6 Å². The number of hydrogen-bond acceptors (Lipinski definition) is 5. The number of carbonyl (C=O) groups excluding carboxylic acids is 1. The molecule has 0 aliphatic carbocycles. The summed E-state index contributed by atoms with van der Waals surface area (Å²) in [6.07, 6.45) is 3.18. The lowest BCUT2D eigenvalue weighted by Crippen LogP contribution is -2.43. The van der Waals surface area contributed by atoms with Gasteiger partial charge in [0.15, 0.2) is 0 Å². The minimum absolute atomic E-state index is 0.0894. The zero-order valence-electron chi connectivity index (χ0n) is 14.7. The highest BCUT2D eigenvalue weighted by Gasteiger charge is 2.23. The molecule has 2 heterocycles. The Morgan fingerprint density at radius 3 is 2.96 bits per heavy atom. The predicted molar refractivity (Wildman–Crippen MR) is 100 cm³/mol. The Morgan fingerprint density at radius 1 is 1.46 bits per heavy atom. The van der Waals surface area contributed by atoms with E-state index in [0.717, 1.165) is 29.4 Å². The molecule has 0 spiro atoms. The molecule has 0 radical (unpaired) electrons. The maximum absolute atomic E-state index is 13.7. The third-order valence-electron chi connectivity index (χ3n) is 4.23. The summed E-state index contributed by atoms with van der Waals surface area (Å²) in [6, 6.07) is 6.46. The fourth-order valence-electron chi connectivity index (χ4n) is 2.93. The molecule has 0 unspecified atom stereocenters. The minimum Gasteiger partial charge on any atom is -0.379 e. The molecule has 5 nitrogen and oxygen atoms in total. The number of aryl methyl sites for hydroxylation is 1. The third-order valence-corrected chi connectivity index (χ3v) is 5.02. The molecule has 138 valence electrons. The van der Waals surface area contributed by atoms with E-state index >= 15 is 0 Å². The number of hydrogen-bond donors (Lipinski definition) is 1. The van der Waals surface area contributed by atoms with Crippen molar-refractivity contribution in [3.63, 3.8) is 0 Å². The van der Waals surface area contributed by atoms with E-state index < -0.39 is 0 Å². The fraction of sp³-hybridized carbons (Fsp3) is 0.368. The van der Waals surface area contributed by atoms with E-state index in [1.807, 2.05) is 18.4 Å². The van der Waals surface area contributed by atoms with Gasteiger partial charge >= 0.3 is 0 Å². The monoisotopic (exact) mass is 375 g/mol. The highest BCUT2D eigenvalue weighted by Crippen LogP contribution is 2.22. The first-order valence-electron chi connectivity index (χ1n) is 8.57. The highest BCUT2D eigenvalue weighted by molar-refractivity contribution is 7.09. The summed E-state index contributed by atoms with van der Waals surface area (Å²) in [7, 11) is 0. The van der Waals surface area contributed by atoms with Gasteiger partial charge < -0.3 is 10.1 Å². The number of benzene rings is 1. The lowest BCUT2D eigenvalue weighted by molar-refractivity contribution is -0.116. The number of morpholine rings is 1. The van der Waals surface area contributed by atoms with Gasteiger partial charge in [-0.1, -0.05) is 12.1 Å². The van der Waals surface area contributed by atoms with Crippen molar-refractivity contribution in [3.8, 4) is 0 Å². The van der Waals surface area contributed by atoms with Gasteiger partial charge in [-0.15, -0.1) is 11.3 Å². The van der Waals surface area contributed by atoms with Crippen LogP contribution >= 0.6 is 11.3 Å². The van der Waals surface area contributed by atoms with Crippen LogP contribution in [0.2, 0.25) is 0 Å². The van der Waals surface area contributed by atoms with Crippen molar-refractivity contribution in [3.05, 3.63) is 57.8 Å². The average molecular weight is 375 g/mol. The van der Waals surface area contributed by atoms with E-state index in [9.17, 15) is 9.18 Å². The summed E-state index contributed by atoms with van der Waals surface area (Å²) < 4.78 is 19.1. The Hall–Kier alpha value is -2.09. The van der Waals surface area contributed by atoms with Crippen molar-refractivity contribution in [2.24, 2.45) is 0 Å². The van der Waals surface area contributed by atoms with Gasteiger partial charge in [-0.2, -0.15) is 0 Å². The molecule has 1 N–H and O–H groups in total. The van der Waals surface area contributed by atoms with Gasteiger partial charge in [0, 0.05) is 31.1 Å². The van der Waals surface area contributed by atoms with Crippen LogP contribution in [0.5, 0.6) is 0 Å². The first-order chi connectivity index (χ1) is 12.6. The summed E-state index contributed by atoms with van der Waals surface area (Å²) >= 11 is 1.54. The van der Waals surface area contributed by atoms with Gasteiger partial charge in [-0.3, -0.25) is 9.69 Å². The number of carbonyl (C=O) groups is 1. The standard InChI is InChI=1S/C19H22FN3O2S/c1-14-22-17(13-26-14)5-6-19(24)21-12-18(23-7-9-25-10-8-23)15-3-2-4-16(20)11-15/h2-6,11,13,18H,7-10,12H2,1H3,(H,21,24)/b6-5+/t18-/m1/s1. The number of thiazole rings is 1. The van der Waals surface area contributed by atoms with E-state index in [4.69, 9.17) is 4.74 Å². The van der Waals surface area contributed by atoms with Gasteiger partial charge in [0.25, 0.3) is 0 Å². The van der Waals surface area contributed by atoms with Gasteiger partial charge in [0.2, 0.25) is 5.91 Å². The first kappa shape index (κ1) is 18.7. The number of amides is 1. The van der Waals surface area contributed by atoms with E-state index in [2.05, 4.69) is 15.2 Å². The van der Waals surface area contributed by atoms with Crippen LogP contribution in [0.25, 0.3) is 6.08 Å². The van der Waals surface area contributed by atoms with Crippen molar-refractivity contribution in [2.45, 2.75) is 13.0 Å². The van der Waals surface area contributed by atoms with Crippen LogP contribution < -0.4 is 5.32 Å². The number of aromatic nitrogens is 1. The van der Waals surface area contributed by atoms with Crippen LogP contribution in [0.15, 0.2) is 35.7 Å². The van der Waals surface area contributed by atoms with Gasteiger partial charge in [-0.05, 0) is 30.7 Å². The van der Waals surface area contributed by atoms with E-state index in [-0.39, 0.29) is 17.8 Å². The molecule has 1 aliphatic rings. The molecule has 1 aliphatic heterocycles. The Morgan fingerprint density at radius 2 is 2.27 bits per heavy atom. The fourth-order valence-corrected chi connectivity index (χ4v) is 3.52. The zero-order valence-corrected chi connectivity index (χ0v) is 15.5. The number of halogens is 1. The van der Waals surface area contributed by atoms with Crippen molar-refractivity contribution in [1.82, 2.24) is 15.2 Å². The number of nitrogens with zero attached hydrogens (tertiary/aromatic N) is 2. The highest BCUT2D eigenvalue weighted by atomic mass is 32.1. The molecule has 1 amide bonds. The Kier molecular flexibility index (Phi) is 6.49. The lowest BCUT2D eigenvalue weighted by atomic mass is 10.0. The molecule has 1 fully saturated rings. The van der Waals surface area contributed by atoms with Crippen LogP contribution in [0, 0.1) is 12.7 Å². The van der Waals surface area contributed by atoms with Crippen molar-refractivity contribution in [1.29, 1.82) is 0 Å². The first-order valence-corrected chi connectivity index (χ1v) is 9.45. The molecule has 1 atom stereocenters. The predicted octanol–water partition coefficient (Wildman–Crippen LogP) is 2.79. The molecule has 2 aromatic rings. The second kappa shape index (κ2) is 9.02. The Labute approximate surface area is 156 Å². The van der Waals surface area contributed by atoms with E-state index in [1.165, 1.54) is 18.2 Å². The van der Waals surface area contributed by atoms with Crippen LogP contribution in [-0.2, 0) is 9.53 Å². The van der Waals surface area contributed by atoms with Gasteiger partial charge in [0.05, 0.1) is 30.0 Å². The van der Waals surface area contributed by atoms with Crippen LogP contribution in [0.3, 0.4) is 0 Å². The summed E-state index contributed by atoms with van der Waals surface area (Å²) in [6.45, 7) is 5.12. The molecule has 0 saturated carbocycles. The minimum atomic E-state index is -0.272. The second-order valence-corrected chi connectivity index (χ2v) is 7.15. The molecule has 0 bridgehead atoms. The van der Waals surface area contributed by atoms with Crippen molar-refractivity contribution in [2.75, 3.05) is 32.8 Å². The summed E-state index contributed by atoms with van der Waals surface area (Å²) in [4.78, 5) is 18.7. The number of ether oxygens (including phenoxy) is 1. The molecule has 3 rings (SSSR count). The molecule has 1 aromatic carbocycles. The third kappa shape index (κ3) is 5.20. The van der Waals surface area contributed by atoms with E-state index in [1.54, 1.807) is 23.5 Å². The van der Waals surface area contributed by atoms with Gasteiger partial charge in [0.1, 0.15) is 5.82 Å². The molecule has 26 heavy (non-hydrogen) atoms. The Bertz CT molecular complexity index is 772. The molecular weight excluding hydrogens is 353 g/mol. The second-order valence-electron chi connectivity index (χ2n) is 6.09. The largest absolute Gasteiger partial charge is 0.379 e. The van der Waals surface area contributed by atoms with Crippen molar-refractivity contribution >= 4 is 23.3 Å². The topological polar surface area (TPSA) is 54.5 Å². The maximum atomic E-state index is 13.7. The summed E-state index contributed by atoms with van der Waals surface area (Å²) in [5.41, 5.74) is 1.63. The van der Waals surface area contributed by atoms with E-state index in [0.29, 0.717) is 19.8 Å². The summed E-state index contributed by atoms with van der Waals surface area (Å²) in [5.74, 6) is -0.462. The van der Waals surface area contributed by atoms with Crippen LogP contribution in [0.1, 0.15) is 22.3 Å². The average Bonchev–Trinajstić information content (AvgIpc) is 3.06.